The molecule has 0 aromatic heterocycles. The normalized spacial score (nSPS) is 10.6. The summed E-state index contributed by atoms with van der Waals surface area (Å²) in [5.74, 6) is 0.776. The number of rotatable bonds is 10. The maximum absolute atomic E-state index is 12.8. The topological polar surface area (TPSA) is 38.8 Å². The SMILES string of the molecule is CCCCOCc1cc(C(=O)N(C)Cc2ccccc2)ccc1OCC. The Labute approximate surface area is 156 Å². The van der Waals surface area contributed by atoms with Gasteiger partial charge in [0.15, 0.2) is 0 Å². The predicted octanol–water partition coefficient (Wildman–Crippen LogP) is 4.67. The molecule has 0 fully saturated rings. The van der Waals surface area contributed by atoms with Crippen LogP contribution in [0.25, 0.3) is 0 Å². The van der Waals surface area contributed by atoms with Gasteiger partial charge >= 0.3 is 0 Å². The smallest absolute Gasteiger partial charge is 0.253 e. The van der Waals surface area contributed by atoms with Crippen molar-refractivity contribution >= 4 is 5.91 Å². The first-order valence-corrected chi connectivity index (χ1v) is 9.28. The van der Waals surface area contributed by atoms with Crippen LogP contribution >= 0.6 is 0 Å². The molecule has 0 radical (unpaired) electrons. The van der Waals surface area contributed by atoms with Gasteiger partial charge in [0.05, 0.1) is 13.2 Å². The monoisotopic (exact) mass is 355 g/mol. The van der Waals surface area contributed by atoms with Crippen LogP contribution in [-0.2, 0) is 17.9 Å². The highest BCUT2D eigenvalue weighted by atomic mass is 16.5. The number of carbonyl (C=O) groups excluding carboxylic acids is 1. The molecule has 0 N–H and O–H groups in total. The van der Waals surface area contributed by atoms with Gasteiger partial charge in [-0.3, -0.25) is 4.79 Å². The molecule has 0 aliphatic carbocycles. The highest BCUT2D eigenvalue weighted by Crippen LogP contribution is 2.22. The van der Waals surface area contributed by atoms with Gasteiger partial charge in [0.25, 0.3) is 5.91 Å². The van der Waals surface area contributed by atoms with Gasteiger partial charge in [-0.2, -0.15) is 0 Å². The van der Waals surface area contributed by atoms with Crippen LogP contribution in [-0.4, -0.2) is 31.1 Å². The first-order chi connectivity index (χ1) is 12.7. The first kappa shape index (κ1) is 20.0. The summed E-state index contributed by atoms with van der Waals surface area (Å²) < 4.78 is 11.4. The lowest BCUT2D eigenvalue weighted by atomic mass is 10.1. The number of ether oxygens (including phenoxy) is 2. The molecule has 0 bridgehead atoms. The summed E-state index contributed by atoms with van der Waals surface area (Å²) in [6.45, 7) is 6.43. The largest absolute Gasteiger partial charge is 0.494 e. The maximum Gasteiger partial charge on any atom is 0.253 e. The average molecular weight is 355 g/mol. The van der Waals surface area contributed by atoms with Crippen LogP contribution in [0.5, 0.6) is 5.75 Å². The molecule has 26 heavy (non-hydrogen) atoms. The van der Waals surface area contributed by atoms with Gasteiger partial charge in [0.1, 0.15) is 5.75 Å². The molecule has 4 heteroatoms. The van der Waals surface area contributed by atoms with Crippen molar-refractivity contribution < 1.29 is 14.3 Å². The van der Waals surface area contributed by atoms with Crippen molar-refractivity contribution in [3.8, 4) is 5.75 Å². The number of hydrogen-bond donors (Lipinski definition) is 0. The van der Waals surface area contributed by atoms with Crippen LogP contribution in [0, 0.1) is 0 Å². The molecule has 4 nitrogen and oxygen atoms in total. The Morgan fingerprint density at radius 1 is 1.08 bits per heavy atom. The highest BCUT2D eigenvalue weighted by Gasteiger charge is 2.15. The van der Waals surface area contributed by atoms with Gasteiger partial charge in [0.2, 0.25) is 0 Å². The van der Waals surface area contributed by atoms with E-state index in [-0.39, 0.29) is 5.91 Å². The molecule has 0 aliphatic rings. The Kier molecular flexibility index (Phi) is 8.16. The lowest BCUT2D eigenvalue weighted by Gasteiger charge is -2.19. The van der Waals surface area contributed by atoms with Crippen LogP contribution in [0.3, 0.4) is 0 Å². The van der Waals surface area contributed by atoms with E-state index in [1.54, 1.807) is 4.90 Å². The van der Waals surface area contributed by atoms with Crippen LogP contribution in [0.2, 0.25) is 0 Å². The lowest BCUT2D eigenvalue weighted by Crippen LogP contribution is -2.26. The Morgan fingerprint density at radius 2 is 1.85 bits per heavy atom. The second-order valence-corrected chi connectivity index (χ2v) is 6.31. The highest BCUT2D eigenvalue weighted by molar-refractivity contribution is 5.94. The Morgan fingerprint density at radius 3 is 2.54 bits per heavy atom. The van der Waals surface area contributed by atoms with E-state index in [4.69, 9.17) is 9.47 Å². The molecular formula is C22H29NO3. The number of unbranched alkanes of at least 4 members (excludes halogenated alkanes) is 1. The van der Waals surface area contributed by atoms with E-state index < -0.39 is 0 Å². The summed E-state index contributed by atoms with van der Waals surface area (Å²) in [5, 5.41) is 0. The quantitative estimate of drug-likeness (QED) is 0.581. The fourth-order valence-corrected chi connectivity index (χ4v) is 2.70. The Balaban J connectivity index is 2.10. The fourth-order valence-electron chi connectivity index (χ4n) is 2.70. The van der Waals surface area contributed by atoms with Gasteiger partial charge in [-0.1, -0.05) is 43.7 Å². The van der Waals surface area contributed by atoms with Gasteiger partial charge in [-0.05, 0) is 37.1 Å². The third-order valence-electron chi connectivity index (χ3n) is 4.12. The zero-order chi connectivity index (χ0) is 18.8. The van der Waals surface area contributed by atoms with Gasteiger partial charge in [-0.15, -0.1) is 0 Å². The van der Waals surface area contributed by atoms with E-state index in [1.165, 1.54) is 0 Å². The zero-order valence-electron chi connectivity index (χ0n) is 16.0. The minimum absolute atomic E-state index is 0.00768. The van der Waals surface area contributed by atoms with Crippen molar-refractivity contribution in [3.05, 3.63) is 65.2 Å². The third-order valence-corrected chi connectivity index (χ3v) is 4.12. The number of carbonyl (C=O) groups is 1. The molecule has 0 saturated heterocycles. The second-order valence-electron chi connectivity index (χ2n) is 6.31. The van der Waals surface area contributed by atoms with Crippen LogP contribution < -0.4 is 4.74 Å². The maximum atomic E-state index is 12.8. The molecule has 2 rings (SSSR count). The van der Waals surface area contributed by atoms with Crippen LogP contribution in [0.15, 0.2) is 48.5 Å². The summed E-state index contributed by atoms with van der Waals surface area (Å²) in [5.41, 5.74) is 2.68. The van der Waals surface area contributed by atoms with E-state index >= 15 is 0 Å². The molecule has 0 unspecified atom stereocenters. The summed E-state index contributed by atoms with van der Waals surface area (Å²) in [6, 6.07) is 15.6. The van der Waals surface area contributed by atoms with E-state index in [0.29, 0.717) is 31.9 Å². The van der Waals surface area contributed by atoms with Crippen LogP contribution in [0.1, 0.15) is 48.2 Å². The molecule has 0 heterocycles. The van der Waals surface area contributed by atoms with Crippen molar-refractivity contribution in [3.63, 3.8) is 0 Å². The van der Waals surface area contributed by atoms with Crippen molar-refractivity contribution in [2.45, 2.75) is 39.8 Å². The van der Waals surface area contributed by atoms with E-state index in [9.17, 15) is 4.79 Å². The van der Waals surface area contributed by atoms with Crippen molar-refractivity contribution in [1.29, 1.82) is 0 Å². The standard InChI is InChI=1S/C22H29NO3/c1-4-6-14-25-17-20-15-19(12-13-21(20)26-5-2)22(24)23(3)16-18-10-8-7-9-11-18/h7-13,15H,4-6,14,16-17H2,1-3H3. The third kappa shape index (κ3) is 5.88. The number of benzene rings is 2. The average Bonchev–Trinajstić information content (AvgIpc) is 2.66. The zero-order valence-corrected chi connectivity index (χ0v) is 16.0. The van der Waals surface area contributed by atoms with Crippen molar-refractivity contribution in [2.75, 3.05) is 20.3 Å². The minimum Gasteiger partial charge on any atom is -0.494 e. The van der Waals surface area contributed by atoms with Gasteiger partial charge in [-0.25, -0.2) is 0 Å². The molecular weight excluding hydrogens is 326 g/mol. The summed E-state index contributed by atoms with van der Waals surface area (Å²) in [7, 11) is 1.82. The number of amides is 1. The molecule has 2 aromatic rings. The van der Waals surface area contributed by atoms with Gasteiger partial charge < -0.3 is 14.4 Å². The van der Waals surface area contributed by atoms with Crippen LogP contribution in [0.4, 0.5) is 0 Å². The number of nitrogens with zero attached hydrogens (tertiary/aromatic N) is 1. The molecule has 0 saturated carbocycles. The molecule has 0 atom stereocenters. The summed E-state index contributed by atoms with van der Waals surface area (Å²) >= 11 is 0. The van der Waals surface area contributed by atoms with Crippen molar-refractivity contribution in [1.82, 2.24) is 4.90 Å². The molecule has 2 aromatic carbocycles. The fraction of sp³-hybridized carbons (Fsp3) is 0.409. The summed E-state index contributed by atoms with van der Waals surface area (Å²) in [6.07, 6.45) is 2.13. The van der Waals surface area contributed by atoms with E-state index in [1.807, 2.05) is 62.5 Å². The first-order valence-electron chi connectivity index (χ1n) is 9.28. The van der Waals surface area contributed by atoms with E-state index in [2.05, 4.69) is 6.92 Å². The Hall–Kier alpha value is -2.33. The van der Waals surface area contributed by atoms with E-state index in [0.717, 1.165) is 29.7 Å². The molecule has 0 aliphatic heterocycles. The minimum atomic E-state index is -0.00768. The van der Waals surface area contributed by atoms with Gasteiger partial charge in [0, 0.05) is 31.3 Å². The summed E-state index contributed by atoms with van der Waals surface area (Å²) in [4.78, 5) is 14.5. The lowest BCUT2D eigenvalue weighted by molar-refractivity contribution is 0.0784. The molecule has 140 valence electrons. The molecule has 0 spiro atoms. The molecule has 1 amide bonds. The van der Waals surface area contributed by atoms with Crippen molar-refractivity contribution in [2.24, 2.45) is 0 Å². The second kappa shape index (κ2) is 10.6. The number of hydrogen-bond acceptors (Lipinski definition) is 3. The predicted molar refractivity (Wildman–Crippen MR) is 104 cm³/mol. The Bertz CT molecular complexity index is 685.